The van der Waals surface area contributed by atoms with Crippen LogP contribution in [0, 0.1) is 18.3 Å². The van der Waals surface area contributed by atoms with Crippen molar-refractivity contribution in [2.75, 3.05) is 13.2 Å². The maximum Gasteiger partial charge on any atom is 0.192 e. The molecule has 1 aliphatic rings. The van der Waals surface area contributed by atoms with E-state index in [1.54, 1.807) is 0 Å². The molecule has 1 aromatic carbocycles. The topological polar surface area (TPSA) is 59.0 Å². The Hall–Kier alpha value is -1.86. The number of ether oxygens (including phenoxy) is 1. The molecule has 4 nitrogen and oxygen atoms in total. The van der Waals surface area contributed by atoms with Crippen LogP contribution in [0.5, 0.6) is 0 Å². The zero-order valence-corrected chi connectivity index (χ0v) is 9.56. The van der Waals surface area contributed by atoms with Gasteiger partial charge in [0.25, 0.3) is 0 Å². The predicted molar refractivity (Wildman–Crippen MR) is 61.5 cm³/mol. The van der Waals surface area contributed by atoms with Gasteiger partial charge in [0, 0.05) is 13.3 Å². The van der Waals surface area contributed by atoms with Gasteiger partial charge < -0.3 is 9.15 Å². The molecule has 2 heterocycles. The minimum atomic E-state index is -0.149. The summed E-state index contributed by atoms with van der Waals surface area (Å²) >= 11 is 0. The molecule has 4 heteroatoms. The normalized spacial score (nSPS) is 17.6. The van der Waals surface area contributed by atoms with Crippen molar-refractivity contribution in [1.29, 1.82) is 5.26 Å². The third-order valence-corrected chi connectivity index (χ3v) is 3.28. The number of aromatic nitrogens is 1. The van der Waals surface area contributed by atoms with Gasteiger partial charge in [-0.2, -0.15) is 5.26 Å². The molecule has 3 rings (SSSR count). The molecule has 0 bridgehead atoms. The fourth-order valence-corrected chi connectivity index (χ4v) is 2.24. The lowest BCUT2D eigenvalue weighted by molar-refractivity contribution is -0.0576. The van der Waals surface area contributed by atoms with Crippen LogP contribution >= 0.6 is 0 Å². The monoisotopic (exact) mass is 228 g/mol. The predicted octanol–water partition coefficient (Wildman–Crippen LogP) is 2.32. The molecule has 1 saturated heterocycles. The van der Waals surface area contributed by atoms with Crippen LogP contribution in [0.3, 0.4) is 0 Å². The Labute approximate surface area is 98.8 Å². The smallest absolute Gasteiger partial charge is 0.192 e. The van der Waals surface area contributed by atoms with Crippen molar-refractivity contribution in [1.82, 2.24) is 4.98 Å². The summed E-state index contributed by atoms with van der Waals surface area (Å²) in [6.07, 6.45) is 0.478. The number of nitrogens with zero attached hydrogens (tertiary/aromatic N) is 2. The first-order chi connectivity index (χ1) is 8.23. The van der Waals surface area contributed by atoms with Crippen LogP contribution in [-0.4, -0.2) is 18.2 Å². The van der Waals surface area contributed by atoms with Crippen LogP contribution < -0.4 is 0 Å². The minimum absolute atomic E-state index is 0.149. The average molecular weight is 228 g/mol. The number of rotatable bonds is 2. The summed E-state index contributed by atoms with van der Waals surface area (Å²) in [4.78, 5) is 4.26. The molecule has 0 radical (unpaired) electrons. The molecule has 86 valence electrons. The van der Waals surface area contributed by atoms with Crippen LogP contribution in [0.1, 0.15) is 17.9 Å². The molecule has 0 spiro atoms. The Kier molecular flexibility index (Phi) is 2.17. The summed E-state index contributed by atoms with van der Waals surface area (Å²) in [6, 6.07) is 8.18. The second kappa shape index (κ2) is 3.57. The highest BCUT2D eigenvalue weighted by Crippen LogP contribution is 2.36. The van der Waals surface area contributed by atoms with Crippen molar-refractivity contribution >= 4 is 11.1 Å². The molecule has 1 fully saturated rings. The van der Waals surface area contributed by atoms with E-state index in [4.69, 9.17) is 14.4 Å². The van der Waals surface area contributed by atoms with Gasteiger partial charge in [-0.15, -0.1) is 0 Å². The van der Waals surface area contributed by atoms with E-state index in [1.807, 2.05) is 25.1 Å². The van der Waals surface area contributed by atoms with Crippen LogP contribution in [0.4, 0.5) is 0 Å². The van der Waals surface area contributed by atoms with E-state index in [2.05, 4.69) is 11.1 Å². The largest absolute Gasteiger partial charge is 0.441 e. The van der Waals surface area contributed by atoms with Crippen LogP contribution in [0.15, 0.2) is 22.6 Å². The number of benzene rings is 1. The Morgan fingerprint density at radius 3 is 2.94 bits per heavy atom. The molecule has 2 aromatic rings. The number of oxazole rings is 1. The molecule has 0 atom stereocenters. The molecule has 1 aliphatic heterocycles. The quantitative estimate of drug-likeness (QED) is 0.791. The van der Waals surface area contributed by atoms with E-state index >= 15 is 0 Å². The van der Waals surface area contributed by atoms with E-state index in [-0.39, 0.29) is 5.41 Å². The van der Waals surface area contributed by atoms with E-state index in [9.17, 15) is 0 Å². The molecule has 1 aromatic heterocycles. The molecular formula is C13H12N2O2. The summed E-state index contributed by atoms with van der Waals surface area (Å²) in [7, 11) is 0. The zero-order valence-electron chi connectivity index (χ0n) is 9.56. The SMILES string of the molecule is Cc1nc2ccc(C3(CC#N)COC3)cc2o1. The van der Waals surface area contributed by atoms with Crippen LogP contribution in [-0.2, 0) is 10.2 Å². The van der Waals surface area contributed by atoms with Gasteiger partial charge in [-0.3, -0.25) is 0 Å². The number of hydrogen-bond acceptors (Lipinski definition) is 4. The van der Waals surface area contributed by atoms with Crippen molar-refractivity contribution in [3.63, 3.8) is 0 Å². The molecule has 0 aliphatic carbocycles. The first kappa shape index (κ1) is 10.3. The van der Waals surface area contributed by atoms with Gasteiger partial charge in [-0.25, -0.2) is 4.98 Å². The molecule has 0 saturated carbocycles. The highest BCUT2D eigenvalue weighted by Gasteiger charge is 2.40. The summed E-state index contributed by atoms with van der Waals surface area (Å²) in [5.41, 5.74) is 2.60. The lowest BCUT2D eigenvalue weighted by atomic mass is 9.76. The van der Waals surface area contributed by atoms with Crippen molar-refractivity contribution in [2.45, 2.75) is 18.8 Å². The van der Waals surface area contributed by atoms with E-state index in [0.29, 0.717) is 25.5 Å². The zero-order chi connectivity index (χ0) is 11.9. The van der Waals surface area contributed by atoms with Crippen molar-refractivity contribution in [2.24, 2.45) is 0 Å². The lowest BCUT2D eigenvalue weighted by Gasteiger charge is -2.40. The van der Waals surface area contributed by atoms with Gasteiger partial charge in [0.2, 0.25) is 0 Å². The maximum absolute atomic E-state index is 8.90. The Bertz CT molecular complexity index is 605. The second-order valence-electron chi connectivity index (χ2n) is 4.52. The Balaban J connectivity index is 2.08. The molecule has 17 heavy (non-hydrogen) atoms. The van der Waals surface area contributed by atoms with Gasteiger partial charge >= 0.3 is 0 Å². The second-order valence-corrected chi connectivity index (χ2v) is 4.52. The maximum atomic E-state index is 8.90. The van der Waals surface area contributed by atoms with Gasteiger partial charge in [0.1, 0.15) is 5.52 Å². The van der Waals surface area contributed by atoms with E-state index in [1.165, 1.54) is 0 Å². The molecule has 0 unspecified atom stereocenters. The summed E-state index contributed by atoms with van der Waals surface area (Å²) in [5.74, 6) is 0.663. The Morgan fingerprint density at radius 2 is 2.29 bits per heavy atom. The van der Waals surface area contributed by atoms with Crippen molar-refractivity contribution in [3.8, 4) is 6.07 Å². The molecule has 0 amide bonds. The fourth-order valence-electron chi connectivity index (χ4n) is 2.24. The Morgan fingerprint density at radius 1 is 1.47 bits per heavy atom. The van der Waals surface area contributed by atoms with Crippen molar-refractivity contribution < 1.29 is 9.15 Å². The highest BCUT2D eigenvalue weighted by molar-refractivity contribution is 5.73. The minimum Gasteiger partial charge on any atom is -0.441 e. The van der Waals surface area contributed by atoms with E-state index < -0.39 is 0 Å². The number of aryl methyl sites for hydroxylation is 1. The summed E-state index contributed by atoms with van der Waals surface area (Å²) < 4.78 is 10.8. The van der Waals surface area contributed by atoms with Crippen LogP contribution in [0.2, 0.25) is 0 Å². The summed E-state index contributed by atoms with van der Waals surface area (Å²) in [6.45, 7) is 3.05. The third kappa shape index (κ3) is 1.51. The fraction of sp³-hybridized carbons (Fsp3) is 0.385. The van der Waals surface area contributed by atoms with Gasteiger partial charge in [0.05, 0.1) is 24.7 Å². The number of hydrogen-bond donors (Lipinski definition) is 0. The first-order valence-electron chi connectivity index (χ1n) is 5.56. The van der Waals surface area contributed by atoms with Crippen LogP contribution in [0.25, 0.3) is 11.1 Å². The van der Waals surface area contributed by atoms with Gasteiger partial charge in [-0.05, 0) is 17.7 Å². The molecule has 0 N–H and O–H groups in total. The summed E-state index contributed by atoms with van der Waals surface area (Å²) in [5, 5.41) is 8.90. The van der Waals surface area contributed by atoms with Gasteiger partial charge in [-0.1, -0.05) is 6.07 Å². The standard InChI is InChI=1S/C13H12N2O2/c1-9-15-11-3-2-10(6-12(11)17-9)13(4-5-14)7-16-8-13/h2-3,6H,4,7-8H2,1H3. The van der Waals surface area contributed by atoms with Crippen molar-refractivity contribution in [3.05, 3.63) is 29.7 Å². The average Bonchev–Trinajstić information content (AvgIpc) is 2.62. The highest BCUT2D eigenvalue weighted by atomic mass is 16.5. The first-order valence-corrected chi connectivity index (χ1v) is 5.56. The molecular weight excluding hydrogens is 216 g/mol. The van der Waals surface area contributed by atoms with Gasteiger partial charge in [0.15, 0.2) is 11.5 Å². The van der Waals surface area contributed by atoms with E-state index in [0.717, 1.165) is 16.7 Å². The third-order valence-electron chi connectivity index (χ3n) is 3.28. The lowest BCUT2D eigenvalue weighted by Crippen LogP contribution is -2.46. The number of fused-ring (bicyclic) bond motifs is 1. The number of nitriles is 1.